The van der Waals surface area contributed by atoms with Gasteiger partial charge in [0.15, 0.2) is 0 Å². The molecular weight excluding hydrogens is 106 g/mol. The number of rotatable bonds is 1. The van der Waals surface area contributed by atoms with Gasteiger partial charge in [0, 0.05) is 6.20 Å². The summed E-state index contributed by atoms with van der Waals surface area (Å²) in [5, 5.41) is 0.889. The molecule has 0 spiro atoms. The maximum atomic E-state index is 6.75. The van der Waals surface area contributed by atoms with Gasteiger partial charge in [-0.3, -0.25) is 0 Å². The van der Waals surface area contributed by atoms with Crippen LogP contribution in [0.1, 0.15) is 0 Å². The average molecular weight is 110 g/mol. The van der Waals surface area contributed by atoms with Crippen LogP contribution in [0.3, 0.4) is 0 Å². The highest BCUT2D eigenvalue weighted by molar-refractivity contribution is 8.00. The van der Waals surface area contributed by atoms with Gasteiger partial charge in [0.25, 0.3) is 0 Å². The van der Waals surface area contributed by atoms with Crippen LogP contribution in [0.4, 0.5) is 0 Å². The summed E-state index contributed by atoms with van der Waals surface area (Å²) in [5.74, 6) is 0. The van der Waals surface area contributed by atoms with E-state index in [1.165, 1.54) is 0 Å². The molecule has 0 aromatic carbocycles. The number of hydrogen-bond acceptors (Lipinski definition) is 1. The summed E-state index contributed by atoms with van der Waals surface area (Å²) >= 11 is 0.970. The molecule has 0 aliphatic heterocycles. The summed E-state index contributed by atoms with van der Waals surface area (Å²) in [5.41, 5.74) is 0. The monoisotopic (exact) mass is 110 g/mol. The second kappa shape index (κ2) is 2.07. The normalized spacial score (nSPS) is 9.29. The van der Waals surface area contributed by atoms with Gasteiger partial charge in [-0.2, -0.15) is 0 Å². The van der Waals surface area contributed by atoms with Gasteiger partial charge in [-0.25, -0.2) is 0 Å². The smallest absolute Gasteiger partial charge is 0.0761 e. The van der Waals surface area contributed by atoms with E-state index in [0.717, 1.165) is 16.8 Å². The summed E-state index contributed by atoms with van der Waals surface area (Å²) in [6, 6.07) is 3.73. The second-order valence-electron chi connectivity index (χ2n) is 1.14. The van der Waals surface area contributed by atoms with E-state index in [0.29, 0.717) is 0 Å². The van der Waals surface area contributed by atoms with Crippen LogP contribution < -0.4 is 0 Å². The van der Waals surface area contributed by atoms with E-state index in [1.54, 1.807) is 6.20 Å². The van der Waals surface area contributed by atoms with Crippen LogP contribution in [0.5, 0.6) is 0 Å². The minimum absolute atomic E-state index is 0.889. The van der Waals surface area contributed by atoms with Gasteiger partial charge in [0.2, 0.25) is 0 Å². The SMILES string of the molecule is [C]Sc1ccc[nH]1. The highest BCUT2D eigenvalue weighted by Crippen LogP contribution is 2.10. The van der Waals surface area contributed by atoms with Gasteiger partial charge < -0.3 is 4.98 Å². The first-order valence-electron chi connectivity index (χ1n) is 1.90. The molecule has 2 heteroatoms. The van der Waals surface area contributed by atoms with E-state index in [4.69, 9.17) is 6.26 Å². The zero-order chi connectivity index (χ0) is 5.11. The van der Waals surface area contributed by atoms with E-state index in [-0.39, 0.29) is 0 Å². The highest BCUT2D eigenvalue weighted by Gasteiger charge is 1.82. The van der Waals surface area contributed by atoms with Crippen molar-refractivity contribution in [2.24, 2.45) is 0 Å². The predicted octanol–water partition coefficient (Wildman–Crippen LogP) is 1.65. The Bertz CT molecular complexity index is 123. The Hall–Kier alpha value is -0.370. The Morgan fingerprint density at radius 2 is 2.57 bits per heavy atom. The molecular formula is C5H4NS. The largest absolute Gasteiger partial charge is 0.356 e. The standard InChI is InChI=1S/C5H4NS/c1-7-5-3-2-4-6-5/h2-4,6H. The average Bonchev–Trinajstić information content (AvgIpc) is 2.14. The Morgan fingerprint density at radius 3 is 2.86 bits per heavy atom. The van der Waals surface area contributed by atoms with Crippen molar-refractivity contribution < 1.29 is 0 Å². The lowest BCUT2D eigenvalue weighted by Crippen LogP contribution is -1.58. The zero-order valence-corrected chi connectivity index (χ0v) is 4.46. The van der Waals surface area contributed by atoms with Crippen LogP contribution in [0.15, 0.2) is 23.4 Å². The van der Waals surface area contributed by atoms with Crippen molar-refractivity contribution in [3.63, 3.8) is 0 Å². The van der Waals surface area contributed by atoms with E-state index < -0.39 is 0 Å². The fourth-order valence-electron chi connectivity index (χ4n) is 0.377. The van der Waals surface area contributed by atoms with Crippen molar-refractivity contribution in [1.29, 1.82) is 0 Å². The fraction of sp³-hybridized carbons (Fsp3) is 0. The summed E-state index contributed by atoms with van der Waals surface area (Å²) < 4.78 is 0. The Morgan fingerprint density at radius 1 is 1.71 bits per heavy atom. The highest BCUT2D eigenvalue weighted by atomic mass is 32.2. The number of hydrogen-bond donors (Lipinski definition) is 1. The molecule has 3 radical (unpaired) electrons. The van der Waals surface area contributed by atoms with Crippen LogP contribution in [0.2, 0.25) is 0 Å². The molecule has 1 heterocycles. The van der Waals surface area contributed by atoms with E-state index >= 15 is 0 Å². The molecule has 1 nitrogen and oxygen atoms in total. The molecule has 1 aromatic rings. The molecule has 0 amide bonds. The Balaban J connectivity index is 2.76. The second-order valence-corrected chi connectivity index (χ2v) is 1.78. The molecule has 0 fully saturated rings. The maximum absolute atomic E-state index is 6.75. The van der Waals surface area contributed by atoms with Crippen LogP contribution >= 0.6 is 11.8 Å². The van der Waals surface area contributed by atoms with Crippen LogP contribution in [-0.2, 0) is 0 Å². The van der Waals surface area contributed by atoms with Crippen LogP contribution in [0, 0.1) is 6.26 Å². The van der Waals surface area contributed by atoms with Crippen molar-refractivity contribution in [3.8, 4) is 0 Å². The van der Waals surface area contributed by atoms with E-state index in [9.17, 15) is 0 Å². The molecule has 0 unspecified atom stereocenters. The van der Waals surface area contributed by atoms with Gasteiger partial charge in [-0.05, 0) is 12.1 Å². The fourth-order valence-corrected chi connectivity index (χ4v) is 0.651. The molecule has 1 N–H and O–H groups in total. The van der Waals surface area contributed by atoms with Crippen LogP contribution in [-0.4, -0.2) is 4.98 Å². The number of nitrogens with one attached hydrogen (secondary N) is 1. The maximum Gasteiger partial charge on any atom is 0.0761 e. The van der Waals surface area contributed by atoms with Crippen molar-refractivity contribution >= 4 is 11.8 Å². The first kappa shape index (κ1) is 4.78. The lowest BCUT2D eigenvalue weighted by molar-refractivity contribution is 1.21. The molecule has 35 valence electrons. The van der Waals surface area contributed by atoms with Crippen molar-refractivity contribution in [3.05, 3.63) is 24.6 Å². The molecule has 0 atom stereocenters. The van der Waals surface area contributed by atoms with Gasteiger partial charge >= 0.3 is 0 Å². The number of aromatic amines is 1. The number of aromatic nitrogens is 1. The minimum Gasteiger partial charge on any atom is -0.356 e. The molecule has 0 aliphatic rings. The van der Waals surface area contributed by atoms with Gasteiger partial charge in [0.1, 0.15) is 0 Å². The van der Waals surface area contributed by atoms with Crippen LogP contribution in [0.25, 0.3) is 0 Å². The number of H-pyrrole nitrogens is 1. The molecule has 0 aliphatic carbocycles. The van der Waals surface area contributed by atoms with Gasteiger partial charge in [-0.1, -0.05) is 11.8 Å². The predicted molar refractivity (Wildman–Crippen MR) is 29.9 cm³/mol. The quantitative estimate of drug-likeness (QED) is 0.543. The molecule has 7 heavy (non-hydrogen) atoms. The first-order chi connectivity index (χ1) is 3.43. The zero-order valence-electron chi connectivity index (χ0n) is 3.64. The lowest BCUT2D eigenvalue weighted by Gasteiger charge is -1.80. The first-order valence-corrected chi connectivity index (χ1v) is 2.72. The Kier molecular flexibility index (Phi) is 1.42. The molecule has 1 rings (SSSR count). The third-order valence-electron chi connectivity index (χ3n) is 0.679. The third kappa shape index (κ3) is 0.996. The van der Waals surface area contributed by atoms with Gasteiger partial charge in [0.05, 0.1) is 11.3 Å². The number of thioether (sulfide) groups is 1. The van der Waals surface area contributed by atoms with E-state index in [1.807, 2.05) is 12.1 Å². The van der Waals surface area contributed by atoms with E-state index in [2.05, 4.69) is 4.98 Å². The van der Waals surface area contributed by atoms with Crippen molar-refractivity contribution in [2.75, 3.05) is 0 Å². The lowest BCUT2D eigenvalue weighted by atomic mass is 10.7. The molecule has 0 saturated heterocycles. The summed E-state index contributed by atoms with van der Waals surface area (Å²) in [4.78, 5) is 2.86. The van der Waals surface area contributed by atoms with Gasteiger partial charge in [-0.15, -0.1) is 0 Å². The van der Waals surface area contributed by atoms with Crippen molar-refractivity contribution in [2.45, 2.75) is 5.03 Å². The topological polar surface area (TPSA) is 15.8 Å². The summed E-state index contributed by atoms with van der Waals surface area (Å²) in [6.45, 7) is 0. The minimum atomic E-state index is 0.889. The summed E-state index contributed by atoms with van der Waals surface area (Å²) in [7, 11) is 0. The molecule has 1 aromatic heterocycles. The molecule has 0 saturated carbocycles. The Labute approximate surface area is 47.1 Å². The third-order valence-corrected chi connectivity index (χ3v) is 1.15. The summed E-state index contributed by atoms with van der Waals surface area (Å²) in [6.07, 6.45) is 8.55. The van der Waals surface area contributed by atoms with Crippen molar-refractivity contribution in [1.82, 2.24) is 4.98 Å². The molecule has 0 bridgehead atoms.